The number of carboxylic acid groups (broad SMARTS) is 1. The highest BCUT2D eigenvalue weighted by Gasteiger charge is 2.36. The third-order valence-corrected chi connectivity index (χ3v) is 4.56. The average molecular weight is 245 g/mol. The van der Waals surface area contributed by atoms with Gasteiger partial charge in [0.25, 0.3) is 10.0 Å². The molecule has 0 aromatic carbocycles. The van der Waals surface area contributed by atoms with Crippen LogP contribution >= 0.6 is 0 Å². The van der Waals surface area contributed by atoms with Crippen LogP contribution in [0.1, 0.15) is 17.3 Å². The Bertz CT molecular complexity index is 533. The van der Waals surface area contributed by atoms with E-state index in [-0.39, 0.29) is 10.6 Å². The van der Waals surface area contributed by atoms with Gasteiger partial charge >= 0.3 is 5.97 Å². The van der Waals surface area contributed by atoms with E-state index >= 15 is 0 Å². The van der Waals surface area contributed by atoms with Crippen LogP contribution in [0.25, 0.3) is 0 Å². The van der Waals surface area contributed by atoms with Crippen LogP contribution in [0, 0.1) is 0 Å². The quantitative estimate of drug-likeness (QED) is 0.765. The number of hydrogen-bond acceptors (Lipinski definition) is 4. The number of fused-ring (bicyclic) bond motifs is 1. The Balaban J connectivity index is 2.65. The van der Waals surface area contributed by atoms with Crippen molar-refractivity contribution in [2.45, 2.75) is 18.5 Å². The molecule has 88 valence electrons. The van der Waals surface area contributed by atoms with Gasteiger partial charge in [-0.1, -0.05) is 6.92 Å². The van der Waals surface area contributed by atoms with Gasteiger partial charge in [0.1, 0.15) is 5.56 Å². The standard InChI is InChI=1S/C8H11N3O4S/c1-2-10-3-4-11-7(16(10,14)15)6(5-9-11)8(12)13/h5H,2-4H2,1H3,(H,12,13). The third-order valence-electron chi connectivity index (χ3n) is 2.52. The molecule has 0 bridgehead atoms. The first-order valence-electron chi connectivity index (χ1n) is 4.77. The predicted octanol–water partition coefficient (Wildman–Crippen LogP) is -0.394. The van der Waals surface area contributed by atoms with Crippen LogP contribution in [0.2, 0.25) is 0 Å². The van der Waals surface area contributed by atoms with E-state index in [1.807, 2.05) is 0 Å². The fraction of sp³-hybridized carbons (Fsp3) is 0.500. The Morgan fingerprint density at radius 2 is 2.25 bits per heavy atom. The molecule has 1 N–H and O–H groups in total. The summed E-state index contributed by atoms with van der Waals surface area (Å²) in [7, 11) is -3.71. The summed E-state index contributed by atoms with van der Waals surface area (Å²) < 4.78 is 26.5. The number of rotatable bonds is 2. The molecule has 7 nitrogen and oxygen atoms in total. The second-order valence-corrected chi connectivity index (χ2v) is 5.24. The summed E-state index contributed by atoms with van der Waals surface area (Å²) >= 11 is 0. The first-order chi connectivity index (χ1) is 7.48. The molecule has 0 aliphatic carbocycles. The van der Waals surface area contributed by atoms with Crippen molar-refractivity contribution < 1.29 is 18.3 Å². The molecule has 0 fully saturated rings. The van der Waals surface area contributed by atoms with Crippen molar-refractivity contribution in [2.75, 3.05) is 13.1 Å². The van der Waals surface area contributed by atoms with Crippen LogP contribution in [0.5, 0.6) is 0 Å². The average Bonchev–Trinajstić information content (AvgIpc) is 2.62. The molecular formula is C8H11N3O4S. The van der Waals surface area contributed by atoms with Gasteiger partial charge in [-0.15, -0.1) is 0 Å². The lowest BCUT2D eigenvalue weighted by molar-refractivity contribution is 0.0691. The zero-order valence-electron chi connectivity index (χ0n) is 8.62. The summed E-state index contributed by atoms with van der Waals surface area (Å²) in [5.41, 5.74) is -0.266. The second-order valence-electron chi connectivity index (χ2n) is 3.39. The lowest BCUT2D eigenvalue weighted by Crippen LogP contribution is -2.40. The van der Waals surface area contributed by atoms with E-state index in [4.69, 9.17) is 5.11 Å². The molecule has 2 rings (SSSR count). The Kier molecular flexibility index (Phi) is 2.47. The molecular weight excluding hydrogens is 234 g/mol. The molecule has 0 saturated heterocycles. The Hall–Kier alpha value is -1.41. The van der Waals surface area contributed by atoms with Crippen LogP contribution < -0.4 is 0 Å². The van der Waals surface area contributed by atoms with E-state index in [1.54, 1.807) is 6.92 Å². The van der Waals surface area contributed by atoms with E-state index < -0.39 is 16.0 Å². The maximum atomic E-state index is 12.0. The summed E-state index contributed by atoms with van der Waals surface area (Å²) in [5, 5.41) is 12.4. The molecule has 1 aliphatic rings. The van der Waals surface area contributed by atoms with Gasteiger partial charge in [0.15, 0.2) is 5.03 Å². The van der Waals surface area contributed by atoms with Crippen LogP contribution in [0.4, 0.5) is 0 Å². The third kappa shape index (κ3) is 1.41. The van der Waals surface area contributed by atoms with E-state index in [2.05, 4.69) is 5.10 Å². The predicted molar refractivity (Wildman–Crippen MR) is 53.6 cm³/mol. The molecule has 8 heteroatoms. The monoisotopic (exact) mass is 245 g/mol. The summed E-state index contributed by atoms with van der Waals surface area (Å²) in [6, 6.07) is 0. The van der Waals surface area contributed by atoms with E-state index in [9.17, 15) is 13.2 Å². The topological polar surface area (TPSA) is 92.5 Å². The highest BCUT2D eigenvalue weighted by atomic mass is 32.2. The van der Waals surface area contributed by atoms with Gasteiger partial charge in [-0.3, -0.25) is 4.68 Å². The van der Waals surface area contributed by atoms with Crippen LogP contribution in [0.15, 0.2) is 11.2 Å². The molecule has 16 heavy (non-hydrogen) atoms. The Morgan fingerprint density at radius 3 is 2.81 bits per heavy atom. The number of carboxylic acids is 1. The summed E-state index contributed by atoms with van der Waals surface area (Å²) in [4.78, 5) is 10.9. The summed E-state index contributed by atoms with van der Waals surface area (Å²) in [6.07, 6.45) is 1.08. The number of aromatic nitrogens is 2. The number of sulfonamides is 1. The van der Waals surface area contributed by atoms with Crippen LogP contribution in [-0.2, 0) is 16.6 Å². The SMILES string of the molecule is CCN1CCn2ncc(C(=O)O)c2S1(=O)=O. The zero-order valence-corrected chi connectivity index (χ0v) is 9.44. The maximum absolute atomic E-state index is 12.0. The van der Waals surface area contributed by atoms with Crippen LogP contribution in [-0.4, -0.2) is 46.7 Å². The number of likely N-dealkylation sites (N-methyl/N-ethyl adjacent to an activating group) is 1. The van der Waals surface area contributed by atoms with Gasteiger partial charge < -0.3 is 5.11 Å². The second kappa shape index (κ2) is 3.56. The van der Waals surface area contributed by atoms with Crippen molar-refractivity contribution in [3.63, 3.8) is 0 Å². The minimum absolute atomic E-state index is 0.215. The minimum Gasteiger partial charge on any atom is -0.478 e. The lowest BCUT2D eigenvalue weighted by atomic mass is 10.4. The highest BCUT2D eigenvalue weighted by Crippen LogP contribution is 2.23. The molecule has 2 heterocycles. The van der Waals surface area contributed by atoms with Gasteiger partial charge in [0, 0.05) is 13.1 Å². The molecule has 0 spiro atoms. The van der Waals surface area contributed by atoms with Crippen molar-refractivity contribution in [1.82, 2.24) is 14.1 Å². The summed E-state index contributed by atoms with van der Waals surface area (Å²) in [5.74, 6) is -1.28. The molecule has 0 amide bonds. The Morgan fingerprint density at radius 1 is 1.56 bits per heavy atom. The first-order valence-corrected chi connectivity index (χ1v) is 6.21. The lowest BCUT2D eigenvalue weighted by Gasteiger charge is -2.26. The maximum Gasteiger partial charge on any atom is 0.340 e. The zero-order chi connectivity index (χ0) is 11.9. The van der Waals surface area contributed by atoms with E-state index in [0.717, 1.165) is 6.20 Å². The largest absolute Gasteiger partial charge is 0.478 e. The first kappa shape index (κ1) is 11.1. The molecule has 0 saturated carbocycles. The fourth-order valence-corrected chi connectivity index (χ4v) is 3.46. The Labute approximate surface area is 92.3 Å². The number of carbonyl (C=O) groups is 1. The molecule has 0 atom stereocenters. The smallest absolute Gasteiger partial charge is 0.340 e. The molecule has 1 aromatic heterocycles. The van der Waals surface area contributed by atoms with Crippen molar-refractivity contribution in [3.8, 4) is 0 Å². The highest BCUT2D eigenvalue weighted by molar-refractivity contribution is 7.89. The van der Waals surface area contributed by atoms with Gasteiger partial charge in [-0.25, -0.2) is 13.2 Å². The van der Waals surface area contributed by atoms with Gasteiger partial charge in [-0.2, -0.15) is 9.40 Å². The van der Waals surface area contributed by atoms with Gasteiger partial charge in [0.05, 0.1) is 12.7 Å². The van der Waals surface area contributed by atoms with Gasteiger partial charge in [-0.05, 0) is 0 Å². The molecule has 0 radical (unpaired) electrons. The van der Waals surface area contributed by atoms with Gasteiger partial charge in [0.2, 0.25) is 0 Å². The minimum atomic E-state index is -3.71. The number of nitrogens with zero attached hydrogens (tertiary/aromatic N) is 3. The van der Waals surface area contributed by atoms with E-state index in [0.29, 0.717) is 19.6 Å². The van der Waals surface area contributed by atoms with Crippen molar-refractivity contribution in [3.05, 3.63) is 11.8 Å². The molecule has 0 unspecified atom stereocenters. The number of hydrogen-bond donors (Lipinski definition) is 1. The van der Waals surface area contributed by atoms with Crippen LogP contribution in [0.3, 0.4) is 0 Å². The van der Waals surface area contributed by atoms with E-state index in [1.165, 1.54) is 8.99 Å². The summed E-state index contributed by atoms with van der Waals surface area (Å²) in [6.45, 7) is 2.75. The van der Waals surface area contributed by atoms with Crippen molar-refractivity contribution >= 4 is 16.0 Å². The van der Waals surface area contributed by atoms with Crippen molar-refractivity contribution in [2.24, 2.45) is 0 Å². The molecule has 1 aliphatic heterocycles. The molecule has 1 aromatic rings. The van der Waals surface area contributed by atoms with Crippen molar-refractivity contribution in [1.29, 1.82) is 0 Å². The normalized spacial score (nSPS) is 19.3. The fourth-order valence-electron chi connectivity index (χ4n) is 1.73. The number of aromatic carboxylic acids is 1.